The summed E-state index contributed by atoms with van der Waals surface area (Å²) in [4.78, 5) is 0. The maximum atomic E-state index is 10.9. The van der Waals surface area contributed by atoms with E-state index in [4.69, 9.17) is 23.7 Å². The summed E-state index contributed by atoms with van der Waals surface area (Å²) in [5.74, 6) is 1.73. The molecule has 0 fully saturated rings. The minimum Gasteiger partial charge on any atom is -0.493 e. The molecule has 2 aromatic rings. The fourth-order valence-corrected chi connectivity index (χ4v) is 4.16. The van der Waals surface area contributed by atoms with Crippen LogP contribution in [0.4, 0.5) is 0 Å². The van der Waals surface area contributed by atoms with Crippen LogP contribution in [0.3, 0.4) is 0 Å². The van der Waals surface area contributed by atoms with Crippen molar-refractivity contribution in [2.75, 3.05) is 41.3 Å². The first-order chi connectivity index (χ1) is 14.6. The molecule has 8 nitrogen and oxygen atoms in total. The van der Waals surface area contributed by atoms with Gasteiger partial charge in [0.15, 0.2) is 23.0 Å². The zero-order valence-corrected chi connectivity index (χ0v) is 17.0. The summed E-state index contributed by atoms with van der Waals surface area (Å²) in [6.07, 6.45) is -1.01. The molecule has 2 aliphatic rings. The van der Waals surface area contributed by atoms with Crippen LogP contribution in [0.25, 0.3) is 5.57 Å². The van der Waals surface area contributed by atoms with Crippen LogP contribution in [-0.2, 0) is 0 Å². The smallest absolute Gasteiger partial charge is 0.231 e. The predicted octanol–water partition coefficient (Wildman–Crippen LogP) is 1.89. The molecule has 3 N–H and O–H groups in total. The van der Waals surface area contributed by atoms with E-state index in [9.17, 15) is 15.3 Å². The third kappa shape index (κ3) is 3.04. The largest absolute Gasteiger partial charge is 0.493 e. The monoisotopic (exact) mass is 416 g/mol. The summed E-state index contributed by atoms with van der Waals surface area (Å²) >= 11 is 0. The van der Waals surface area contributed by atoms with Crippen LogP contribution in [0.5, 0.6) is 28.7 Å². The maximum Gasteiger partial charge on any atom is 0.231 e. The van der Waals surface area contributed by atoms with Crippen molar-refractivity contribution in [3.8, 4) is 28.7 Å². The van der Waals surface area contributed by atoms with Gasteiger partial charge >= 0.3 is 0 Å². The molecule has 0 unspecified atom stereocenters. The lowest BCUT2D eigenvalue weighted by Crippen LogP contribution is -2.27. The van der Waals surface area contributed by atoms with Crippen molar-refractivity contribution in [3.05, 3.63) is 46.5 Å². The lowest BCUT2D eigenvalue weighted by atomic mass is 9.74. The molecule has 1 heterocycles. The molecule has 2 atom stereocenters. The van der Waals surface area contributed by atoms with E-state index in [1.165, 1.54) is 21.3 Å². The van der Waals surface area contributed by atoms with Crippen LogP contribution in [0, 0.1) is 5.92 Å². The molecule has 1 aliphatic heterocycles. The first-order valence-electron chi connectivity index (χ1n) is 9.45. The molecule has 0 spiro atoms. The molecular formula is C22H24O8. The summed E-state index contributed by atoms with van der Waals surface area (Å²) < 4.78 is 27.4. The summed E-state index contributed by atoms with van der Waals surface area (Å²) in [7, 11) is 4.57. The number of aliphatic hydroxyl groups excluding tert-OH is 3. The number of rotatable bonds is 6. The van der Waals surface area contributed by atoms with Crippen molar-refractivity contribution >= 4 is 5.57 Å². The number of fused-ring (bicyclic) bond motifs is 2. The molecule has 8 heteroatoms. The Labute approximate surface area is 173 Å². The lowest BCUT2D eigenvalue weighted by Gasteiger charge is -2.33. The van der Waals surface area contributed by atoms with Gasteiger partial charge < -0.3 is 39.0 Å². The first kappa shape index (κ1) is 20.3. The van der Waals surface area contributed by atoms with E-state index >= 15 is 0 Å². The minimum absolute atomic E-state index is 0.0911. The van der Waals surface area contributed by atoms with Crippen molar-refractivity contribution in [1.82, 2.24) is 0 Å². The average molecular weight is 416 g/mol. The molecule has 160 valence electrons. The molecular weight excluding hydrogens is 392 g/mol. The Morgan fingerprint density at radius 3 is 2.10 bits per heavy atom. The average Bonchev–Trinajstić information content (AvgIpc) is 3.24. The van der Waals surface area contributed by atoms with Gasteiger partial charge in [-0.1, -0.05) is 0 Å². The summed E-state index contributed by atoms with van der Waals surface area (Å²) in [6, 6.07) is 7.04. The van der Waals surface area contributed by atoms with Crippen LogP contribution in [0.1, 0.15) is 22.8 Å². The zero-order chi connectivity index (χ0) is 21.4. The number of ether oxygens (including phenoxy) is 5. The Balaban J connectivity index is 2.02. The highest BCUT2D eigenvalue weighted by Crippen LogP contribution is 2.50. The van der Waals surface area contributed by atoms with E-state index < -0.39 is 12.0 Å². The van der Waals surface area contributed by atoms with Crippen molar-refractivity contribution in [2.24, 2.45) is 5.92 Å². The summed E-state index contributed by atoms with van der Waals surface area (Å²) in [5.41, 5.74) is 3.10. The molecule has 0 saturated heterocycles. The van der Waals surface area contributed by atoms with Crippen LogP contribution in [0.2, 0.25) is 0 Å². The van der Waals surface area contributed by atoms with Crippen molar-refractivity contribution in [1.29, 1.82) is 0 Å². The molecule has 1 aliphatic carbocycles. The van der Waals surface area contributed by atoms with Crippen LogP contribution in [0.15, 0.2) is 29.8 Å². The van der Waals surface area contributed by atoms with Gasteiger partial charge in [0.2, 0.25) is 12.5 Å². The van der Waals surface area contributed by atoms with Gasteiger partial charge in [-0.3, -0.25) is 0 Å². The molecule has 2 aromatic carbocycles. The third-order valence-corrected chi connectivity index (χ3v) is 5.60. The second-order valence-corrected chi connectivity index (χ2v) is 7.00. The highest BCUT2D eigenvalue weighted by atomic mass is 16.7. The molecule has 4 rings (SSSR count). The van der Waals surface area contributed by atoms with Gasteiger partial charge in [0.25, 0.3) is 0 Å². The minimum atomic E-state index is -1.01. The second kappa shape index (κ2) is 8.06. The molecule has 0 radical (unpaired) electrons. The van der Waals surface area contributed by atoms with E-state index in [0.29, 0.717) is 56.6 Å². The van der Waals surface area contributed by atoms with Gasteiger partial charge in [0.05, 0.1) is 40.6 Å². The lowest BCUT2D eigenvalue weighted by molar-refractivity contribution is 0.0772. The third-order valence-electron chi connectivity index (χ3n) is 5.60. The number of aliphatic hydroxyl groups is 3. The molecule has 30 heavy (non-hydrogen) atoms. The van der Waals surface area contributed by atoms with E-state index in [2.05, 4.69) is 0 Å². The number of hydrogen-bond donors (Lipinski definition) is 3. The van der Waals surface area contributed by atoms with Crippen LogP contribution < -0.4 is 23.7 Å². The molecule has 0 saturated carbocycles. The molecule has 0 amide bonds. The highest BCUT2D eigenvalue weighted by Gasteiger charge is 2.36. The summed E-state index contributed by atoms with van der Waals surface area (Å²) in [5, 5.41) is 31.1. The highest BCUT2D eigenvalue weighted by molar-refractivity contribution is 5.88. The molecule has 0 aromatic heterocycles. The SMILES string of the molecule is COc1cc(C2=C(CO)[C@H](CO)[C@@H](O)c3cc4c(cc32)OCO4)cc(OC)c1OC. The van der Waals surface area contributed by atoms with Gasteiger partial charge in [-0.05, 0) is 52.1 Å². The Morgan fingerprint density at radius 2 is 1.57 bits per heavy atom. The maximum absolute atomic E-state index is 10.9. The van der Waals surface area contributed by atoms with Crippen molar-refractivity contribution < 1.29 is 39.0 Å². The van der Waals surface area contributed by atoms with Crippen LogP contribution in [-0.4, -0.2) is 56.7 Å². The van der Waals surface area contributed by atoms with Gasteiger partial charge in [-0.25, -0.2) is 0 Å². The number of benzene rings is 2. The van der Waals surface area contributed by atoms with Gasteiger partial charge in [0, 0.05) is 5.92 Å². The van der Waals surface area contributed by atoms with Gasteiger partial charge in [-0.15, -0.1) is 0 Å². The van der Waals surface area contributed by atoms with E-state index in [1.54, 1.807) is 24.3 Å². The predicted molar refractivity (Wildman–Crippen MR) is 107 cm³/mol. The van der Waals surface area contributed by atoms with E-state index in [1.807, 2.05) is 0 Å². The number of methoxy groups -OCH3 is 3. The Morgan fingerprint density at radius 1 is 0.933 bits per heavy atom. The van der Waals surface area contributed by atoms with Gasteiger partial charge in [0.1, 0.15) is 0 Å². The van der Waals surface area contributed by atoms with Crippen molar-refractivity contribution in [3.63, 3.8) is 0 Å². The standard InChI is InChI=1S/C22H24O8/c1-26-18-4-11(5-19(27-2)22(18)28-3)20-12-6-16-17(30-10-29-16)7-13(12)21(25)15(9-24)14(20)8-23/h4-7,15,21,23-25H,8-10H2,1-3H3/t15-,21-/m0/s1. The summed E-state index contributed by atoms with van der Waals surface area (Å²) in [6.45, 7) is -0.588. The first-order valence-corrected chi connectivity index (χ1v) is 9.45. The zero-order valence-electron chi connectivity index (χ0n) is 17.0. The van der Waals surface area contributed by atoms with E-state index in [0.717, 1.165) is 0 Å². The normalized spacial score (nSPS) is 19.5. The Hall–Kier alpha value is -2.94. The Kier molecular flexibility index (Phi) is 5.46. The van der Waals surface area contributed by atoms with Gasteiger partial charge in [-0.2, -0.15) is 0 Å². The quantitative estimate of drug-likeness (QED) is 0.656. The Bertz CT molecular complexity index is 972. The number of hydrogen-bond acceptors (Lipinski definition) is 8. The van der Waals surface area contributed by atoms with Crippen molar-refractivity contribution in [2.45, 2.75) is 6.10 Å². The topological polar surface area (TPSA) is 107 Å². The fourth-order valence-electron chi connectivity index (χ4n) is 4.16. The molecule has 0 bridgehead atoms. The fraction of sp³-hybridized carbons (Fsp3) is 0.364. The van der Waals surface area contributed by atoms with Crippen LogP contribution >= 0.6 is 0 Å². The van der Waals surface area contributed by atoms with E-state index in [-0.39, 0.29) is 20.0 Å². The second-order valence-electron chi connectivity index (χ2n) is 7.00.